The molecule has 0 aliphatic heterocycles. The zero-order valence-electron chi connectivity index (χ0n) is 16.5. The molecule has 2 aromatic rings. The van der Waals surface area contributed by atoms with Gasteiger partial charge in [-0.3, -0.25) is 9.59 Å². The number of carbonyl (C=O) groups excluding carboxylic acids is 2. The van der Waals surface area contributed by atoms with Crippen molar-refractivity contribution in [3.8, 4) is 0 Å². The summed E-state index contributed by atoms with van der Waals surface area (Å²) in [4.78, 5) is 24.8. The number of carbonyl (C=O) groups is 2. The molecule has 1 N–H and O–H groups in total. The summed E-state index contributed by atoms with van der Waals surface area (Å²) in [7, 11) is 6.42. The molecular formula is C22H29IN2O2. The molecule has 1 amide bonds. The number of quaternary nitrogens is 1. The number of hydrogen-bond acceptors (Lipinski definition) is 2. The molecule has 5 heteroatoms. The lowest BCUT2D eigenvalue weighted by Gasteiger charge is -2.23. The summed E-state index contributed by atoms with van der Waals surface area (Å²) in [5.74, 6) is -0.219. The maximum atomic E-state index is 12.4. The normalized spacial score (nSPS) is 12.0. The number of benzene rings is 2. The van der Waals surface area contributed by atoms with Gasteiger partial charge in [0.25, 0.3) is 0 Å². The highest BCUT2D eigenvalue weighted by Crippen LogP contribution is 2.18. The molecule has 27 heavy (non-hydrogen) atoms. The fourth-order valence-corrected chi connectivity index (χ4v) is 2.75. The van der Waals surface area contributed by atoms with Crippen LogP contribution in [0.15, 0.2) is 54.6 Å². The third-order valence-corrected chi connectivity index (χ3v) is 4.41. The molecule has 0 spiro atoms. The van der Waals surface area contributed by atoms with E-state index in [9.17, 15) is 9.59 Å². The van der Waals surface area contributed by atoms with E-state index in [1.807, 2.05) is 49.4 Å². The van der Waals surface area contributed by atoms with E-state index in [-0.39, 0.29) is 41.6 Å². The minimum absolute atomic E-state index is 0. The van der Waals surface area contributed by atoms with Gasteiger partial charge in [-0.05, 0) is 12.5 Å². The summed E-state index contributed by atoms with van der Waals surface area (Å²) < 4.78 is 0.891. The van der Waals surface area contributed by atoms with Gasteiger partial charge in [0.15, 0.2) is 5.78 Å². The molecule has 0 radical (unpaired) electrons. The van der Waals surface area contributed by atoms with Gasteiger partial charge in [0.05, 0.1) is 33.6 Å². The van der Waals surface area contributed by atoms with Crippen LogP contribution in [0, 0.1) is 0 Å². The van der Waals surface area contributed by atoms with Gasteiger partial charge >= 0.3 is 0 Å². The second-order valence-electron chi connectivity index (χ2n) is 7.70. The zero-order chi connectivity index (χ0) is 19.2. The lowest BCUT2D eigenvalue weighted by Crippen LogP contribution is -3.00. The zero-order valence-corrected chi connectivity index (χ0v) is 18.7. The van der Waals surface area contributed by atoms with Crippen LogP contribution in [0.4, 0.5) is 0 Å². The molecule has 146 valence electrons. The highest BCUT2D eigenvalue weighted by atomic mass is 127. The third-order valence-electron chi connectivity index (χ3n) is 4.41. The molecule has 2 aromatic carbocycles. The molecule has 0 heterocycles. The number of amides is 1. The largest absolute Gasteiger partial charge is 1.00 e. The second-order valence-corrected chi connectivity index (χ2v) is 7.70. The number of halogens is 1. The van der Waals surface area contributed by atoms with Crippen LogP contribution in [-0.2, 0) is 4.79 Å². The Morgan fingerprint density at radius 3 is 2.04 bits per heavy atom. The quantitative estimate of drug-likeness (QED) is 0.255. The maximum absolute atomic E-state index is 12.4. The lowest BCUT2D eigenvalue weighted by molar-refractivity contribution is -0.870. The number of nitrogens with zero attached hydrogens (tertiary/aromatic N) is 1. The van der Waals surface area contributed by atoms with Gasteiger partial charge in [0, 0.05) is 24.1 Å². The van der Waals surface area contributed by atoms with E-state index in [1.165, 1.54) is 0 Å². The van der Waals surface area contributed by atoms with Gasteiger partial charge in [0.2, 0.25) is 5.91 Å². The molecule has 0 saturated carbocycles. The first-order chi connectivity index (χ1) is 12.3. The molecule has 1 atom stereocenters. The molecule has 0 fully saturated rings. The first-order valence-corrected chi connectivity index (χ1v) is 9.06. The fraction of sp³-hybridized carbons (Fsp3) is 0.364. The second kappa shape index (κ2) is 10.6. The maximum Gasteiger partial charge on any atom is 0.227 e. The van der Waals surface area contributed by atoms with Crippen molar-refractivity contribution in [3.05, 3.63) is 71.3 Å². The van der Waals surface area contributed by atoms with Crippen molar-refractivity contribution >= 4 is 11.7 Å². The topological polar surface area (TPSA) is 46.2 Å². The minimum atomic E-state index is -0.236. The van der Waals surface area contributed by atoms with Crippen LogP contribution in [0.3, 0.4) is 0 Å². The van der Waals surface area contributed by atoms with Crippen molar-refractivity contribution in [2.75, 3.05) is 34.2 Å². The molecule has 0 aliphatic carbocycles. The average Bonchev–Trinajstić information content (AvgIpc) is 2.64. The van der Waals surface area contributed by atoms with E-state index in [0.29, 0.717) is 17.7 Å². The minimum Gasteiger partial charge on any atom is -1.00 e. The van der Waals surface area contributed by atoms with Crippen LogP contribution in [0.5, 0.6) is 0 Å². The van der Waals surface area contributed by atoms with Gasteiger partial charge in [-0.15, -0.1) is 0 Å². The summed E-state index contributed by atoms with van der Waals surface area (Å²) >= 11 is 0. The smallest absolute Gasteiger partial charge is 0.227 e. The highest BCUT2D eigenvalue weighted by Gasteiger charge is 2.16. The van der Waals surface area contributed by atoms with E-state index in [0.717, 1.165) is 23.0 Å². The average molecular weight is 480 g/mol. The standard InChI is InChI=1S/C22H28N2O2.HI/c1-17(22(26)23-15-8-16-24(2,3)4)18-11-13-20(14-12-18)21(25)19-9-6-5-7-10-19;/h5-7,9-14,17H,8,15-16H2,1-4H3;1H/t17-;/m1./s1. The van der Waals surface area contributed by atoms with E-state index >= 15 is 0 Å². The Balaban J connectivity index is 0.00000364. The van der Waals surface area contributed by atoms with Crippen LogP contribution in [0.1, 0.15) is 40.7 Å². The number of ketones is 1. The Bertz CT molecular complexity index is 737. The predicted molar refractivity (Wildman–Crippen MR) is 105 cm³/mol. The van der Waals surface area contributed by atoms with E-state index < -0.39 is 0 Å². The van der Waals surface area contributed by atoms with Gasteiger partial charge in [-0.1, -0.05) is 54.6 Å². The van der Waals surface area contributed by atoms with E-state index in [1.54, 1.807) is 12.1 Å². The molecule has 2 rings (SSSR count). The lowest BCUT2D eigenvalue weighted by atomic mass is 9.96. The van der Waals surface area contributed by atoms with Gasteiger partial charge < -0.3 is 33.8 Å². The fourth-order valence-electron chi connectivity index (χ4n) is 2.75. The van der Waals surface area contributed by atoms with Gasteiger partial charge in [-0.25, -0.2) is 0 Å². The Kier molecular flexibility index (Phi) is 9.12. The molecule has 0 unspecified atom stereocenters. The van der Waals surface area contributed by atoms with Crippen molar-refractivity contribution in [3.63, 3.8) is 0 Å². The van der Waals surface area contributed by atoms with Crippen molar-refractivity contribution in [2.45, 2.75) is 19.3 Å². The molecular weight excluding hydrogens is 451 g/mol. The summed E-state index contributed by atoms with van der Waals surface area (Å²) in [5, 5.41) is 3.00. The Labute approximate surface area is 179 Å². The predicted octanol–water partition coefficient (Wildman–Crippen LogP) is 0.238. The Morgan fingerprint density at radius 1 is 0.926 bits per heavy atom. The van der Waals surface area contributed by atoms with Crippen LogP contribution < -0.4 is 29.3 Å². The van der Waals surface area contributed by atoms with E-state index in [4.69, 9.17) is 0 Å². The summed E-state index contributed by atoms with van der Waals surface area (Å²) in [6, 6.07) is 16.5. The first-order valence-electron chi connectivity index (χ1n) is 9.06. The van der Waals surface area contributed by atoms with Crippen LogP contribution in [0.25, 0.3) is 0 Å². The first kappa shape index (κ1) is 23.3. The van der Waals surface area contributed by atoms with Crippen LogP contribution >= 0.6 is 0 Å². The third kappa shape index (κ3) is 7.42. The SMILES string of the molecule is C[C@@H](C(=O)NCCC[N+](C)(C)C)c1ccc(C(=O)c2ccccc2)cc1.[I-]. The van der Waals surface area contributed by atoms with Crippen molar-refractivity contribution in [1.82, 2.24) is 5.32 Å². The molecule has 0 aromatic heterocycles. The monoisotopic (exact) mass is 480 g/mol. The van der Waals surface area contributed by atoms with Gasteiger partial charge in [0.1, 0.15) is 0 Å². The Morgan fingerprint density at radius 2 is 1.48 bits per heavy atom. The summed E-state index contributed by atoms with van der Waals surface area (Å²) in [5.41, 5.74) is 2.22. The van der Waals surface area contributed by atoms with Crippen molar-refractivity contribution in [2.24, 2.45) is 0 Å². The molecule has 0 bridgehead atoms. The van der Waals surface area contributed by atoms with Crippen molar-refractivity contribution < 1.29 is 38.0 Å². The Hall–Kier alpha value is -1.73. The van der Waals surface area contributed by atoms with Crippen LogP contribution in [0.2, 0.25) is 0 Å². The number of hydrogen-bond donors (Lipinski definition) is 1. The van der Waals surface area contributed by atoms with Gasteiger partial charge in [-0.2, -0.15) is 0 Å². The van der Waals surface area contributed by atoms with E-state index in [2.05, 4.69) is 26.5 Å². The summed E-state index contributed by atoms with van der Waals surface area (Å²) in [6.45, 7) is 3.59. The highest BCUT2D eigenvalue weighted by molar-refractivity contribution is 6.09. The molecule has 4 nitrogen and oxygen atoms in total. The van der Waals surface area contributed by atoms with Crippen molar-refractivity contribution in [1.29, 1.82) is 0 Å². The summed E-state index contributed by atoms with van der Waals surface area (Å²) in [6.07, 6.45) is 0.951. The number of nitrogens with one attached hydrogen (secondary N) is 1. The molecule has 0 saturated heterocycles. The molecule has 0 aliphatic rings. The van der Waals surface area contributed by atoms with Crippen LogP contribution in [-0.4, -0.2) is 50.4 Å². The number of rotatable bonds is 8.